The molecule has 0 spiro atoms. The number of fused-ring (bicyclic) bond motifs is 2. The lowest BCUT2D eigenvalue weighted by Crippen LogP contribution is -2.08. The van der Waals surface area contributed by atoms with Crippen LogP contribution in [0.15, 0.2) is 35.3 Å². The van der Waals surface area contributed by atoms with Crippen LogP contribution in [-0.4, -0.2) is 14.8 Å². The van der Waals surface area contributed by atoms with E-state index >= 15 is 0 Å². The molecule has 0 aliphatic rings. The lowest BCUT2D eigenvalue weighted by Gasteiger charge is -2.01. The van der Waals surface area contributed by atoms with E-state index < -0.39 is 0 Å². The van der Waals surface area contributed by atoms with Crippen molar-refractivity contribution in [3.8, 4) is 6.07 Å². The maximum atomic E-state index is 12.4. The van der Waals surface area contributed by atoms with Gasteiger partial charge in [-0.2, -0.15) is 10.4 Å². The van der Waals surface area contributed by atoms with Crippen LogP contribution in [0.2, 0.25) is 0 Å². The van der Waals surface area contributed by atoms with Gasteiger partial charge in [0.1, 0.15) is 5.52 Å². The third kappa shape index (κ3) is 1.70. The number of nitrogens with one attached hydrogen (secondary N) is 1. The molecule has 0 saturated heterocycles. The maximum absolute atomic E-state index is 12.4. The highest BCUT2D eigenvalue weighted by Gasteiger charge is 2.09. The number of nitrogens with zero attached hydrogens (tertiary/aromatic N) is 3. The molecule has 0 amide bonds. The SMILES string of the molecule is Cn1ncc2[nH]c3ccc(/C=C/C#N)cc3c(=O)c21. The number of nitriles is 1. The summed E-state index contributed by atoms with van der Waals surface area (Å²) in [6.07, 6.45) is 4.70. The first-order chi connectivity index (χ1) is 9.20. The Morgan fingerprint density at radius 3 is 3.05 bits per heavy atom. The molecule has 0 bridgehead atoms. The smallest absolute Gasteiger partial charge is 0.215 e. The minimum absolute atomic E-state index is 0.0593. The molecule has 0 atom stereocenters. The first-order valence-electron chi connectivity index (χ1n) is 5.74. The highest BCUT2D eigenvalue weighted by atomic mass is 16.1. The Labute approximate surface area is 108 Å². The lowest BCUT2D eigenvalue weighted by molar-refractivity contribution is 0.795. The third-order valence-corrected chi connectivity index (χ3v) is 3.06. The highest BCUT2D eigenvalue weighted by molar-refractivity contribution is 5.91. The molecule has 1 N–H and O–H groups in total. The van der Waals surface area contributed by atoms with Gasteiger partial charge in [0.15, 0.2) is 0 Å². The van der Waals surface area contributed by atoms with Gasteiger partial charge >= 0.3 is 0 Å². The van der Waals surface area contributed by atoms with Gasteiger partial charge in [-0.1, -0.05) is 6.07 Å². The number of pyridine rings is 1. The van der Waals surface area contributed by atoms with Crippen LogP contribution in [0.4, 0.5) is 0 Å². The van der Waals surface area contributed by atoms with Gasteiger partial charge in [0.05, 0.1) is 17.8 Å². The maximum Gasteiger partial charge on any atom is 0.215 e. The molecular formula is C14H10N4O. The zero-order chi connectivity index (χ0) is 13.4. The van der Waals surface area contributed by atoms with Crippen molar-refractivity contribution >= 4 is 28.0 Å². The van der Waals surface area contributed by atoms with E-state index in [4.69, 9.17) is 5.26 Å². The predicted molar refractivity (Wildman–Crippen MR) is 73.5 cm³/mol. The zero-order valence-electron chi connectivity index (χ0n) is 10.2. The van der Waals surface area contributed by atoms with E-state index in [2.05, 4.69) is 10.1 Å². The van der Waals surface area contributed by atoms with Crippen LogP contribution in [0, 0.1) is 11.3 Å². The summed E-state index contributed by atoms with van der Waals surface area (Å²) in [5.74, 6) is 0. The molecule has 92 valence electrons. The van der Waals surface area contributed by atoms with Gasteiger partial charge < -0.3 is 4.98 Å². The Balaban J connectivity index is 2.39. The van der Waals surface area contributed by atoms with Gasteiger partial charge in [0, 0.05) is 24.0 Å². The Bertz CT molecular complexity index is 909. The summed E-state index contributed by atoms with van der Waals surface area (Å²) in [5.41, 5.74) is 2.80. The van der Waals surface area contributed by atoms with E-state index in [0.29, 0.717) is 10.9 Å². The lowest BCUT2D eigenvalue weighted by atomic mass is 10.1. The van der Waals surface area contributed by atoms with Crippen LogP contribution in [0.5, 0.6) is 0 Å². The normalized spacial score (nSPS) is 11.4. The number of benzene rings is 1. The standard InChI is InChI=1S/C14H10N4O/c1-18-13-12(8-16-18)17-11-5-4-9(3-2-6-15)7-10(11)14(13)19/h2-5,7-8H,1H3,(H,17,19)/b3-2+. The summed E-state index contributed by atoms with van der Waals surface area (Å²) in [5, 5.41) is 13.2. The minimum atomic E-state index is -0.0593. The summed E-state index contributed by atoms with van der Waals surface area (Å²) in [7, 11) is 1.74. The summed E-state index contributed by atoms with van der Waals surface area (Å²) >= 11 is 0. The second-order valence-electron chi connectivity index (χ2n) is 4.25. The largest absolute Gasteiger partial charge is 0.352 e. The Morgan fingerprint density at radius 1 is 1.42 bits per heavy atom. The van der Waals surface area contributed by atoms with Crippen LogP contribution in [0.1, 0.15) is 5.56 Å². The molecule has 0 unspecified atom stereocenters. The van der Waals surface area contributed by atoms with Crippen molar-refractivity contribution in [3.63, 3.8) is 0 Å². The number of hydrogen-bond acceptors (Lipinski definition) is 3. The van der Waals surface area contributed by atoms with Gasteiger partial charge in [0.2, 0.25) is 5.43 Å². The molecule has 2 heterocycles. The fourth-order valence-corrected chi connectivity index (χ4v) is 2.17. The van der Waals surface area contributed by atoms with E-state index in [9.17, 15) is 4.79 Å². The molecule has 5 nitrogen and oxygen atoms in total. The Kier molecular flexibility index (Phi) is 2.43. The van der Waals surface area contributed by atoms with E-state index in [-0.39, 0.29) is 5.43 Å². The van der Waals surface area contributed by atoms with Crippen molar-refractivity contribution < 1.29 is 0 Å². The van der Waals surface area contributed by atoms with Crippen molar-refractivity contribution in [1.82, 2.24) is 14.8 Å². The highest BCUT2D eigenvalue weighted by Crippen LogP contribution is 2.16. The molecule has 5 heteroatoms. The van der Waals surface area contributed by atoms with Crippen LogP contribution in [0.3, 0.4) is 0 Å². The number of rotatable bonds is 1. The molecule has 0 aliphatic carbocycles. The number of aromatic amines is 1. The number of aryl methyl sites for hydroxylation is 1. The average Bonchev–Trinajstić information content (AvgIpc) is 2.78. The summed E-state index contributed by atoms with van der Waals surface area (Å²) in [6.45, 7) is 0. The Morgan fingerprint density at radius 2 is 2.26 bits per heavy atom. The minimum Gasteiger partial charge on any atom is -0.352 e. The van der Waals surface area contributed by atoms with Crippen molar-refractivity contribution in [2.24, 2.45) is 7.05 Å². The number of hydrogen-bond donors (Lipinski definition) is 1. The molecule has 2 aromatic heterocycles. The molecule has 3 rings (SSSR count). The second kappa shape index (κ2) is 4.10. The fourth-order valence-electron chi connectivity index (χ4n) is 2.17. The molecule has 0 radical (unpaired) electrons. The van der Waals surface area contributed by atoms with Crippen molar-refractivity contribution in [3.05, 3.63) is 46.3 Å². The molecule has 0 saturated carbocycles. The third-order valence-electron chi connectivity index (χ3n) is 3.06. The fraction of sp³-hybridized carbons (Fsp3) is 0.0714. The quantitative estimate of drug-likeness (QED) is 0.671. The second-order valence-corrected chi connectivity index (χ2v) is 4.25. The van der Waals surface area contributed by atoms with Crippen LogP contribution in [-0.2, 0) is 7.05 Å². The van der Waals surface area contributed by atoms with Crippen LogP contribution >= 0.6 is 0 Å². The Hall–Kier alpha value is -2.87. The summed E-state index contributed by atoms with van der Waals surface area (Å²) < 4.78 is 1.56. The molecular weight excluding hydrogens is 240 g/mol. The predicted octanol–water partition coefficient (Wildman–Crippen LogP) is 1.95. The number of allylic oxidation sites excluding steroid dienone is 1. The van der Waals surface area contributed by atoms with Gasteiger partial charge in [-0.15, -0.1) is 0 Å². The number of H-pyrrole nitrogens is 1. The zero-order valence-corrected chi connectivity index (χ0v) is 10.2. The monoisotopic (exact) mass is 250 g/mol. The van der Waals surface area contributed by atoms with Crippen molar-refractivity contribution in [2.45, 2.75) is 0 Å². The summed E-state index contributed by atoms with van der Waals surface area (Å²) in [4.78, 5) is 15.6. The molecule has 1 aromatic carbocycles. The van der Waals surface area contributed by atoms with E-state index in [1.807, 2.05) is 18.2 Å². The van der Waals surface area contributed by atoms with Gasteiger partial charge in [-0.25, -0.2) is 0 Å². The van der Waals surface area contributed by atoms with Crippen molar-refractivity contribution in [1.29, 1.82) is 5.26 Å². The van der Waals surface area contributed by atoms with E-state index in [1.54, 1.807) is 30.1 Å². The van der Waals surface area contributed by atoms with Crippen LogP contribution < -0.4 is 5.43 Å². The topological polar surface area (TPSA) is 74.5 Å². The molecule has 19 heavy (non-hydrogen) atoms. The molecule has 0 aliphatic heterocycles. The molecule has 3 aromatic rings. The van der Waals surface area contributed by atoms with Crippen LogP contribution in [0.25, 0.3) is 28.0 Å². The summed E-state index contributed by atoms with van der Waals surface area (Å²) in [6, 6.07) is 7.39. The van der Waals surface area contributed by atoms with Gasteiger partial charge in [-0.3, -0.25) is 9.48 Å². The van der Waals surface area contributed by atoms with Gasteiger partial charge in [0.25, 0.3) is 0 Å². The first kappa shape index (κ1) is 11.2. The van der Waals surface area contributed by atoms with Crippen molar-refractivity contribution in [2.75, 3.05) is 0 Å². The first-order valence-corrected chi connectivity index (χ1v) is 5.74. The average molecular weight is 250 g/mol. The molecule has 0 fully saturated rings. The van der Waals surface area contributed by atoms with E-state index in [1.165, 1.54) is 6.08 Å². The number of aromatic nitrogens is 3. The van der Waals surface area contributed by atoms with Gasteiger partial charge in [-0.05, 0) is 23.8 Å². The van der Waals surface area contributed by atoms with E-state index in [0.717, 1.165) is 16.6 Å².